The summed E-state index contributed by atoms with van der Waals surface area (Å²) in [7, 11) is 0. The topological polar surface area (TPSA) is 142 Å². The number of rotatable bonds is 6. The summed E-state index contributed by atoms with van der Waals surface area (Å²) in [4.78, 5) is 0. The van der Waals surface area contributed by atoms with Crippen molar-refractivity contribution < 1.29 is 35.7 Å². The molecule has 7 nitrogen and oxygen atoms in total. The Kier molecular flexibility index (Phi) is 7.27. The Hall–Kier alpha value is -0.280. The molecule has 0 aromatic carbocycles. The maximum atomic E-state index is 12.3. The second kappa shape index (κ2) is 9.23. The molecule has 14 unspecified atom stereocenters. The monoisotopic (exact) mass is 484 g/mol. The number of aliphatic hydroxyl groups is 7. The fourth-order valence-electron chi connectivity index (χ4n) is 9.69. The molecule has 0 bridgehead atoms. The van der Waals surface area contributed by atoms with E-state index in [1.54, 1.807) is 0 Å². The smallest absolute Gasteiger partial charge is 0.0863 e. The van der Waals surface area contributed by atoms with E-state index in [0.29, 0.717) is 19.3 Å². The third-order valence-electron chi connectivity index (χ3n) is 11.2. The van der Waals surface area contributed by atoms with Crippen LogP contribution in [0.25, 0.3) is 0 Å². The molecule has 0 aromatic rings. The van der Waals surface area contributed by atoms with E-state index in [4.69, 9.17) is 0 Å². The molecule has 7 N–H and O–H groups in total. The van der Waals surface area contributed by atoms with Gasteiger partial charge in [0.2, 0.25) is 0 Å². The summed E-state index contributed by atoms with van der Waals surface area (Å²) in [5.41, 5.74) is -2.37. The van der Waals surface area contributed by atoms with E-state index in [-0.39, 0.29) is 36.7 Å². The maximum Gasteiger partial charge on any atom is 0.0863 e. The van der Waals surface area contributed by atoms with Crippen LogP contribution in [0.1, 0.15) is 79.1 Å². The normalized spacial score (nSPS) is 54.6. The Bertz CT molecular complexity index is 734. The van der Waals surface area contributed by atoms with Gasteiger partial charge < -0.3 is 35.7 Å². The quantitative estimate of drug-likeness (QED) is 0.302. The second-order valence-corrected chi connectivity index (χ2v) is 13.2. The Balaban J connectivity index is 1.63. The van der Waals surface area contributed by atoms with E-state index < -0.39 is 58.8 Å². The third kappa shape index (κ3) is 3.80. The highest BCUT2D eigenvalue weighted by Crippen LogP contribution is 2.69. The Morgan fingerprint density at radius 1 is 0.824 bits per heavy atom. The van der Waals surface area contributed by atoms with E-state index in [9.17, 15) is 35.7 Å². The summed E-state index contributed by atoms with van der Waals surface area (Å²) >= 11 is 0. The SMILES string of the molecule is CC(CO)CCCC(C)C1C(O)C(O)C2C1(C)CCC1C3(C)CCC(O)C(O)C3C(O)CC12O. The zero-order valence-corrected chi connectivity index (χ0v) is 21.3. The van der Waals surface area contributed by atoms with E-state index >= 15 is 0 Å². The second-order valence-electron chi connectivity index (χ2n) is 13.2. The summed E-state index contributed by atoms with van der Waals surface area (Å²) in [6, 6.07) is 0. The molecule has 198 valence electrons. The Morgan fingerprint density at radius 3 is 2.12 bits per heavy atom. The van der Waals surface area contributed by atoms with Crippen LogP contribution in [-0.4, -0.2) is 78.5 Å². The van der Waals surface area contributed by atoms with E-state index in [0.717, 1.165) is 25.7 Å². The van der Waals surface area contributed by atoms with Crippen molar-refractivity contribution in [3.8, 4) is 0 Å². The lowest BCUT2D eigenvalue weighted by molar-refractivity contribution is -0.280. The van der Waals surface area contributed by atoms with Gasteiger partial charge in [-0.3, -0.25) is 0 Å². The average molecular weight is 485 g/mol. The third-order valence-corrected chi connectivity index (χ3v) is 11.2. The van der Waals surface area contributed by atoms with Gasteiger partial charge in [-0.1, -0.05) is 40.5 Å². The van der Waals surface area contributed by atoms with E-state index in [1.165, 1.54) is 0 Å². The van der Waals surface area contributed by atoms with Gasteiger partial charge in [0.25, 0.3) is 0 Å². The number of hydrogen-bond acceptors (Lipinski definition) is 7. The van der Waals surface area contributed by atoms with Crippen LogP contribution in [0.3, 0.4) is 0 Å². The first-order valence-corrected chi connectivity index (χ1v) is 13.6. The van der Waals surface area contributed by atoms with Crippen LogP contribution >= 0.6 is 0 Å². The lowest BCUT2D eigenvalue weighted by atomic mass is 9.41. The molecule has 4 rings (SSSR count). The minimum atomic E-state index is -1.35. The van der Waals surface area contributed by atoms with E-state index in [1.807, 2.05) is 13.8 Å². The lowest BCUT2D eigenvalue weighted by Crippen LogP contribution is -2.71. The Labute approximate surface area is 204 Å². The molecule has 0 aromatic heterocycles. The van der Waals surface area contributed by atoms with Crippen LogP contribution in [0.2, 0.25) is 0 Å². The molecule has 0 heterocycles. The molecule has 0 saturated heterocycles. The standard InChI is InChI=1S/C27H48O7/c1-14(13-28)6-5-7-15(2)19-22(32)23(33)24-26(19,4)11-9-18-25(3)10-8-16(29)21(31)20(25)17(30)12-27(18,24)34/h14-24,28-34H,5-13H2,1-4H3. The summed E-state index contributed by atoms with van der Waals surface area (Å²) in [6.45, 7) is 8.44. The molecule has 7 heteroatoms. The van der Waals surface area contributed by atoms with Crippen LogP contribution < -0.4 is 0 Å². The van der Waals surface area contributed by atoms with Gasteiger partial charge in [0.1, 0.15) is 0 Å². The lowest BCUT2D eigenvalue weighted by Gasteiger charge is -2.66. The van der Waals surface area contributed by atoms with Crippen molar-refractivity contribution in [3.63, 3.8) is 0 Å². The predicted octanol–water partition coefficient (Wildman–Crippen LogP) is 1.44. The van der Waals surface area contributed by atoms with Gasteiger partial charge in [-0.15, -0.1) is 0 Å². The molecule has 4 aliphatic carbocycles. The van der Waals surface area contributed by atoms with Crippen molar-refractivity contribution in [2.24, 2.45) is 46.3 Å². The van der Waals surface area contributed by atoms with Crippen LogP contribution in [0.4, 0.5) is 0 Å². The van der Waals surface area contributed by atoms with Crippen molar-refractivity contribution in [2.75, 3.05) is 6.61 Å². The van der Waals surface area contributed by atoms with Gasteiger partial charge >= 0.3 is 0 Å². The molecule has 4 saturated carbocycles. The molecule has 34 heavy (non-hydrogen) atoms. The zero-order chi connectivity index (χ0) is 25.2. The predicted molar refractivity (Wildman–Crippen MR) is 128 cm³/mol. The van der Waals surface area contributed by atoms with Crippen molar-refractivity contribution in [1.82, 2.24) is 0 Å². The summed E-state index contributed by atoms with van der Waals surface area (Å²) < 4.78 is 0. The fourth-order valence-corrected chi connectivity index (χ4v) is 9.69. The van der Waals surface area contributed by atoms with Crippen molar-refractivity contribution >= 4 is 0 Å². The maximum absolute atomic E-state index is 12.3. The van der Waals surface area contributed by atoms with Gasteiger partial charge in [-0.25, -0.2) is 0 Å². The van der Waals surface area contributed by atoms with Gasteiger partial charge in [0.15, 0.2) is 0 Å². The van der Waals surface area contributed by atoms with Gasteiger partial charge in [0, 0.05) is 24.9 Å². The minimum absolute atomic E-state index is 0.0425. The highest BCUT2D eigenvalue weighted by atomic mass is 16.3. The summed E-state index contributed by atoms with van der Waals surface area (Å²) in [5.74, 6) is -1.08. The van der Waals surface area contributed by atoms with Crippen molar-refractivity contribution in [3.05, 3.63) is 0 Å². The summed E-state index contributed by atoms with van der Waals surface area (Å²) in [5, 5.41) is 76.6. The molecule has 14 atom stereocenters. The number of hydrogen-bond donors (Lipinski definition) is 7. The van der Waals surface area contributed by atoms with Gasteiger partial charge in [-0.2, -0.15) is 0 Å². The zero-order valence-electron chi connectivity index (χ0n) is 21.3. The average Bonchev–Trinajstić information content (AvgIpc) is 2.96. The van der Waals surface area contributed by atoms with Gasteiger partial charge in [0.05, 0.1) is 36.1 Å². The highest BCUT2D eigenvalue weighted by molar-refractivity contribution is 5.22. The molecule has 0 radical (unpaired) electrons. The number of aliphatic hydroxyl groups excluding tert-OH is 6. The number of fused-ring (bicyclic) bond motifs is 5. The molecular weight excluding hydrogens is 436 g/mol. The largest absolute Gasteiger partial charge is 0.396 e. The van der Waals surface area contributed by atoms with Crippen LogP contribution in [-0.2, 0) is 0 Å². The molecule has 4 fully saturated rings. The van der Waals surface area contributed by atoms with Crippen LogP contribution in [0, 0.1) is 46.3 Å². The summed E-state index contributed by atoms with van der Waals surface area (Å²) in [6.07, 6.45) is 0.372. The molecular formula is C27H48O7. The first kappa shape index (κ1) is 26.8. The molecule has 0 amide bonds. The van der Waals surface area contributed by atoms with Crippen LogP contribution in [0.5, 0.6) is 0 Å². The molecule has 0 aliphatic heterocycles. The van der Waals surface area contributed by atoms with Crippen molar-refractivity contribution in [2.45, 2.75) is 115 Å². The minimum Gasteiger partial charge on any atom is -0.396 e. The first-order valence-electron chi connectivity index (χ1n) is 13.6. The molecule has 4 aliphatic rings. The highest BCUT2D eigenvalue weighted by Gasteiger charge is 2.73. The van der Waals surface area contributed by atoms with Crippen molar-refractivity contribution in [1.29, 1.82) is 0 Å². The fraction of sp³-hybridized carbons (Fsp3) is 1.00. The molecule has 0 spiro atoms. The first-order chi connectivity index (χ1) is 15.8. The Morgan fingerprint density at radius 2 is 1.47 bits per heavy atom. The van der Waals surface area contributed by atoms with E-state index in [2.05, 4.69) is 13.8 Å². The van der Waals surface area contributed by atoms with Gasteiger partial charge in [-0.05, 0) is 66.6 Å². The van der Waals surface area contributed by atoms with Crippen LogP contribution in [0.15, 0.2) is 0 Å².